The Hall–Kier alpha value is -4.03. The van der Waals surface area contributed by atoms with Crippen LogP contribution >= 0.6 is 0 Å². The van der Waals surface area contributed by atoms with Crippen LogP contribution < -0.4 is 9.64 Å². The van der Waals surface area contributed by atoms with Crippen LogP contribution in [0.3, 0.4) is 0 Å². The molecule has 2 atom stereocenters. The van der Waals surface area contributed by atoms with Crippen molar-refractivity contribution < 1.29 is 28.2 Å². The van der Waals surface area contributed by atoms with Crippen LogP contribution in [-0.2, 0) is 14.6 Å². The number of aliphatic hydroxyl groups excluding tert-OH is 1. The number of rotatable bonds is 7. The number of aromatic amines is 1. The summed E-state index contributed by atoms with van der Waals surface area (Å²) in [6.07, 6.45) is 2.20. The zero-order valence-electron chi connectivity index (χ0n) is 19.2. The first kappa shape index (κ1) is 23.7. The number of aliphatic carboxylic acids is 1. The Bertz CT molecular complexity index is 1520. The van der Waals surface area contributed by atoms with Crippen LogP contribution in [0.15, 0.2) is 59.9 Å². The molecule has 0 spiro atoms. The molecule has 12 heteroatoms. The Kier molecular flexibility index (Phi) is 6.06. The maximum absolute atomic E-state index is 12.1. The van der Waals surface area contributed by atoms with Gasteiger partial charge in [-0.3, -0.25) is 4.98 Å². The quantitative estimate of drug-likeness (QED) is 0.338. The smallest absolute Gasteiger partial charge is 0.326 e. The summed E-state index contributed by atoms with van der Waals surface area (Å²) in [6, 6.07) is 10.7. The predicted molar refractivity (Wildman–Crippen MR) is 131 cm³/mol. The Morgan fingerprint density at radius 1 is 1.22 bits per heavy atom. The summed E-state index contributed by atoms with van der Waals surface area (Å²) in [4.78, 5) is 29.6. The number of carbonyl (C=O) groups is 1. The standard InChI is InChI=1S/C24H23N5O6S/c1-2-36(33,34)22-7-6-15(12-26-22)35-21-11-18-17(27-23(28-18)16-5-3-4-8-25-16)10-19(21)29-13-14(30)9-20(29)24(31)32/h3-8,10-12,14,20,30H,2,9,13H2,1H3,(H,27,28)(H,31,32)/t14-,20-/m1/s1. The lowest BCUT2D eigenvalue weighted by Gasteiger charge is -2.25. The van der Waals surface area contributed by atoms with E-state index in [0.717, 1.165) is 0 Å². The van der Waals surface area contributed by atoms with Crippen LogP contribution in [0.2, 0.25) is 0 Å². The largest absolute Gasteiger partial charge is 0.480 e. The number of imidazole rings is 1. The summed E-state index contributed by atoms with van der Waals surface area (Å²) in [5.41, 5.74) is 2.26. The number of nitrogens with one attached hydrogen (secondary N) is 1. The number of fused-ring (bicyclic) bond motifs is 1. The highest BCUT2D eigenvalue weighted by Crippen LogP contribution is 2.39. The molecule has 1 aliphatic heterocycles. The minimum absolute atomic E-state index is 0.0612. The number of nitrogens with zero attached hydrogens (tertiary/aromatic N) is 4. The van der Waals surface area contributed by atoms with Gasteiger partial charge in [-0.1, -0.05) is 13.0 Å². The number of sulfone groups is 1. The maximum Gasteiger partial charge on any atom is 0.326 e. The highest BCUT2D eigenvalue weighted by molar-refractivity contribution is 7.91. The first-order valence-corrected chi connectivity index (χ1v) is 12.9. The maximum atomic E-state index is 12.1. The molecule has 1 fully saturated rings. The number of benzene rings is 1. The van der Waals surface area contributed by atoms with Crippen molar-refractivity contribution in [3.63, 3.8) is 0 Å². The van der Waals surface area contributed by atoms with Gasteiger partial charge in [-0.15, -0.1) is 0 Å². The highest BCUT2D eigenvalue weighted by atomic mass is 32.2. The number of ether oxygens (including phenoxy) is 1. The van der Waals surface area contributed by atoms with E-state index in [1.807, 2.05) is 12.1 Å². The Morgan fingerprint density at radius 3 is 2.72 bits per heavy atom. The molecule has 4 aromatic rings. The number of pyridine rings is 2. The molecule has 3 aromatic heterocycles. The van der Waals surface area contributed by atoms with Crippen molar-refractivity contribution >= 4 is 32.5 Å². The first-order chi connectivity index (χ1) is 17.2. The van der Waals surface area contributed by atoms with Gasteiger partial charge in [0.15, 0.2) is 26.4 Å². The summed E-state index contributed by atoms with van der Waals surface area (Å²) in [5.74, 6) is -0.0624. The number of carboxylic acids is 1. The average Bonchev–Trinajstić information content (AvgIpc) is 3.47. The van der Waals surface area contributed by atoms with E-state index in [0.29, 0.717) is 28.2 Å². The SMILES string of the molecule is CCS(=O)(=O)c1ccc(Oc2cc3nc(-c4ccccn4)[nH]c3cc2N2C[C@H](O)C[C@@H]2C(=O)O)cn1. The van der Waals surface area contributed by atoms with Gasteiger partial charge in [-0.2, -0.15) is 0 Å². The lowest BCUT2D eigenvalue weighted by atomic mass is 10.2. The Balaban J connectivity index is 1.59. The van der Waals surface area contributed by atoms with Crippen LogP contribution in [0.25, 0.3) is 22.6 Å². The van der Waals surface area contributed by atoms with Crippen molar-refractivity contribution in [3.8, 4) is 23.0 Å². The molecule has 36 heavy (non-hydrogen) atoms. The Morgan fingerprint density at radius 2 is 2.06 bits per heavy atom. The van der Waals surface area contributed by atoms with Crippen molar-refractivity contribution in [2.75, 3.05) is 17.2 Å². The molecule has 0 aliphatic carbocycles. The van der Waals surface area contributed by atoms with E-state index in [-0.39, 0.29) is 35.2 Å². The minimum Gasteiger partial charge on any atom is -0.480 e. The van der Waals surface area contributed by atoms with E-state index in [1.54, 1.807) is 29.3 Å². The van der Waals surface area contributed by atoms with E-state index in [9.17, 15) is 23.4 Å². The number of hydrogen-bond acceptors (Lipinski definition) is 9. The molecular weight excluding hydrogens is 486 g/mol. The molecule has 11 nitrogen and oxygen atoms in total. The first-order valence-electron chi connectivity index (χ1n) is 11.2. The molecule has 0 unspecified atom stereocenters. The molecule has 0 amide bonds. The lowest BCUT2D eigenvalue weighted by Crippen LogP contribution is -2.36. The van der Waals surface area contributed by atoms with Crippen LogP contribution in [0.1, 0.15) is 13.3 Å². The lowest BCUT2D eigenvalue weighted by molar-refractivity contribution is -0.138. The molecule has 5 rings (SSSR count). The molecule has 3 N–H and O–H groups in total. The van der Waals surface area contributed by atoms with Gasteiger partial charge < -0.3 is 24.8 Å². The molecule has 1 saturated heterocycles. The van der Waals surface area contributed by atoms with Crippen LogP contribution in [0.4, 0.5) is 5.69 Å². The van der Waals surface area contributed by atoms with E-state index >= 15 is 0 Å². The van der Waals surface area contributed by atoms with Gasteiger partial charge in [0.2, 0.25) is 0 Å². The van der Waals surface area contributed by atoms with E-state index in [4.69, 9.17) is 4.74 Å². The number of H-pyrrole nitrogens is 1. The molecule has 1 aromatic carbocycles. The second kappa shape index (κ2) is 9.21. The topological polar surface area (TPSA) is 159 Å². The van der Waals surface area contributed by atoms with E-state index in [2.05, 4.69) is 19.9 Å². The van der Waals surface area contributed by atoms with Crippen molar-refractivity contribution in [2.45, 2.75) is 30.5 Å². The number of β-amino-alcohol motifs (C(OH)–C–C–N with tert-alkyl or cyclic N) is 1. The predicted octanol–water partition coefficient (Wildman–Crippen LogP) is 2.63. The second-order valence-electron chi connectivity index (χ2n) is 8.37. The van der Waals surface area contributed by atoms with Crippen molar-refractivity contribution in [1.82, 2.24) is 19.9 Å². The van der Waals surface area contributed by atoms with E-state index in [1.165, 1.54) is 25.3 Å². The third-order valence-electron chi connectivity index (χ3n) is 5.98. The monoisotopic (exact) mass is 509 g/mol. The normalized spacial score (nSPS) is 18.0. The molecule has 0 radical (unpaired) electrons. The number of aliphatic hydroxyl groups is 1. The fraction of sp³-hybridized carbons (Fsp3) is 0.250. The van der Waals surface area contributed by atoms with Crippen LogP contribution in [0, 0.1) is 0 Å². The van der Waals surface area contributed by atoms with Crippen molar-refractivity contribution in [1.29, 1.82) is 0 Å². The molecule has 0 bridgehead atoms. The fourth-order valence-electron chi connectivity index (χ4n) is 4.16. The van der Waals surface area contributed by atoms with Gasteiger partial charge in [0, 0.05) is 25.2 Å². The molecule has 4 heterocycles. The van der Waals surface area contributed by atoms with Gasteiger partial charge in [0.05, 0.1) is 34.8 Å². The third kappa shape index (κ3) is 4.48. The highest BCUT2D eigenvalue weighted by Gasteiger charge is 2.38. The summed E-state index contributed by atoms with van der Waals surface area (Å²) in [6.45, 7) is 1.64. The van der Waals surface area contributed by atoms with Gasteiger partial charge in [0.1, 0.15) is 17.5 Å². The second-order valence-corrected chi connectivity index (χ2v) is 10.6. The van der Waals surface area contributed by atoms with Gasteiger partial charge in [-0.05, 0) is 30.3 Å². The number of hydrogen-bond donors (Lipinski definition) is 3. The van der Waals surface area contributed by atoms with Crippen LogP contribution in [-0.4, -0.2) is 69.0 Å². The summed E-state index contributed by atoms with van der Waals surface area (Å²) < 4.78 is 30.2. The Labute approximate surface area is 206 Å². The molecule has 0 saturated carbocycles. The van der Waals surface area contributed by atoms with Crippen LogP contribution in [0.5, 0.6) is 11.5 Å². The van der Waals surface area contributed by atoms with Crippen molar-refractivity contribution in [2.24, 2.45) is 0 Å². The summed E-state index contributed by atoms with van der Waals surface area (Å²) in [7, 11) is -3.47. The van der Waals surface area contributed by atoms with Gasteiger partial charge in [-0.25, -0.2) is 23.2 Å². The third-order valence-corrected chi connectivity index (χ3v) is 7.62. The molecular formula is C24H23N5O6S. The summed E-state index contributed by atoms with van der Waals surface area (Å²) >= 11 is 0. The fourth-order valence-corrected chi connectivity index (χ4v) is 4.94. The number of anilines is 1. The zero-order chi connectivity index (χ0) is 25.4. The van der Waals surface area contributed by atoms with E-state index < -0.39 is 28.0 Å². The number of carboxylic acid groups (broad SMARTS) is 1. The molecule has 1 aliphatic rings. The van der Waals surface area contributed by atoms with Gasteiger partial charge >= 0.3 is 5.97 Å². The van der Waals surface area contributed by atoms with Crippen molar-refractivity contribution in [3.05, 3.63) is 54.9 Å². The summed E-state index contributed by atoms with van der Waals surface area (Å²) in [5, 5.41) is 19.9. The molecule has 186 valence electrons. The number of aromatic nitrogens is 4. The average molecular weight is 510 g/mol. The minimum atomic E-state index is -3.47. The van der Waals surface area contributed by atoms with Gasteiger partial charge in [0.25, 0.3) is 0 Å². The zero-order valence-corrected chi connectivity index (χ0v) is 20.0.